The maximum atomic E-state index is 11.0. The quantitative estimate of drug-likeness (QED) is 0.621. The van der Waals surface area contributed by atoms with Gasteiger partial charge in [-0.15, -0.1) is 0 Å². The molecule has 0 aliphatic carbocycles. The fourth-order valence-electron chi connectivity index (χ4n) is 1.56. The molecule has 1 aliphatic rings. The summed E-state index contributed by atoms with van der Waals surface area (Å²) >= 11 is 0. The van der Waals surface area contributed by atoms with E-state index in [9.17, 15) is 4.79 Å². The third-order valence-electron chi connectivity index (χ3n) is 2.41. The topological polar surface area (TPSA) is 20.3 Å². The standard InChI is InChI=1S/C11H19NO/c1-10(2)4-3-7-12-8-5-11(13)6-9-12/h4H,3,5-9H2,1-2H3. The molecule has 1 fully saturated rings. The van der Waals surface area contributed by atoms with Gasteiger partial charge in [0.25, 0.3) is 0 Å². The van der Waals surface area contributed by atoms with Crippen LogP contribution in [0, 0.1) is 0 Å². The number of Topliss-reactive ketones (excluding diaryl/α,β-unsaturated/α-hetero) is 1. The van der Waals surface area contributed by atoms with E-state index in [2.05, 4.69) is 24.8 Å². The number of likely N-dealkylation sites (tertiary alicyclic amines) is 1. The Labute approximate surface area is 80.6 Å². The molecule has 0 N–H and O–H groups in total. The summed E-state index contributed by atoms with van der Waals surface area (Å²) in [7, 11) is 0. The highest BCUT2D eigenvalue weighted by molar-refractivity contribution is 5.79. The number of ketones is 1. The van der Waals surface area contributed by atoms with Gasteiger partial charge in [0.05, 0.1) is 0 Å². The molecule has 0 aromatic heterocycles. The van der Waals surface area contributed by atoms with Crippen LogP contribution >= 0.6 is 0 Å². The number of hydrogen-bond acceptors (Lipinski definition) is 2. The van der Waals surface area contributed by atoms with E-state index in [1.54, 1.807) is 0 Å². The Morgan fingerprint density at radius 1 is 1.38 bits per heavy atom. The van der Waals surface area contributed by atoms with Crippen LogP contribution in [0.15, 0.2) is 11.6 Å². The van der Waals surface area contributed by atoms with Crippen LogP contribution in [0.25, 0.3) is 0 Å². The zero-order valence-electron chi connectivity index (χ0n) is 8.68. The average molecular weight is 181 g/mol. The van der Waals surface area contributed by atoms with Crippen LogP contribution in [0.2, 0.25) is 0 Å². The molecule has 0 amide bonds. The first kappa shape index (κ1) is 10.5. The Kier molecular flexibility index (Phi) is 4.16. The zero-order valence-corrected chi connectivity index (χ0v) is 8.68. The lowest BCUT2D eigenvalue weighted by atomic mass is 10.1. The molecule has 0 atom stereocenters. The molecule has 0 aromatic carbocycles. The molecule has 1 aliphatic heterocycles. The second kappa shape index (κ2) is 5.18. The number of carbonyl (C=O) groups excluding carboxylic acids is 1. The average Bonchev–Trinajstić information content (AvgIpc) is 2.08. The number of carbonyl (C=O) groups is 1. The molecule has 1 rings (SSSR count). The van der Waals surface area contributed by atoms with Gasteiger partial charge in [0.2, 0.25) is 0 Å². The summed E-state index contributed by atoms with van der Waals surface area (Å²) < 4.78 is 0. The molecule has 0 radical (unpaired) electrons. The van der Waals surface area contributed by atoms with Gasteiger partial charge in [-0.2, -0.15) is 0 Å². The van der Waals surface area contributed by atoms with Crippen LogP contribution in [0.3, 0.4) is 0 Å². The lowest BCUT2D eigenvalue weighted by Gasteiger charge is -2.25. The van der Waals surface area contributed by atoms with E-state index in [1.165, 1.54) is 5.57 Å². The summed E-state index contributed by atoms with van der Waals surface area (Å²) in [6.45, 7) is 7.29. The van der Waals surface area contributed by atoms with Crippen LogP contribution < -0.4 is 0 Å². The number of rotatable bonds is 3. The van der Waals surface area contributed by atoms with Crippen LogP contribution in [0.5, 0.6) is 0 Å². The molecule has 0 spiro atoms. The predicted octanol–water partition coefficient (Wildman–Crippen LogP) is 2.01. The molecule has 74 valence electrons. The van der Waals surface area contributed by atoms with Crippen molar-refractivity contribution >= 4 is 5.78 Å². The third-order valence-corrected chi connectivity index (χ3v) is 2.41. The summed E-state index contributed by atoms with van der Waals surface area (Å²) in [5.41, 5.74) is 1.38. The number of nitrogens with zero attached hydrogens (tertiary/aromatic N) is 1. The highest BCUT2D eigenvalue weighted by atomic mass is 16.1. The summed E-state index contributed by atoms with van der Waals surface area (Å²) in [4.78, 5) is 13.3. The SMILES string of the molecule is CC(C)=CCCN1CCC(=O)CC1. The normalized spacial score (nSPS) is 18.8. The van der Waals surface area contributed by atoms with Crippen molar-refractivity contribution in [2.24, 2.45) is 0 Å². The molecular weight excluding hydrogens is 162 g/mol. The number of hydrogen-bond donors (Lipinski definition) is 0. The lowest BCUT2D eigenvalue weighted by molar-refractivity contribution is -0.121. The number of allylic oxidation sites excluding steroid dienone is 1. The Balaban J connectivity index is 2.16. The van der Waals surface area contributed by atoms with E-state index in [4.69, 9.17) is 0 Å². The van der Waals surface area contributed by atoms with Crippen molar-refractivity contribution in [1.82, 2.24) is 4.90 Å². The summed E-state index contributed by atoms with van der Waals surface area (Å²) in [5, 5.41) is 0. The molecule has 2 heteroatoms. The van der Waals surface area contributed by atoms with E-state index < -0.39 is 0 Å². The van der Waals surface area contributed by atoms with Crippen molar-refractivity contribution in [3.8, 4) is 0 Å². The van der Waals surface area contributed by atoms with Gasteiger partial charge in [-0.3, -0.25) is 4.79 Å². The molecule has 13 heavy (non-hydrogen) atoms. The minimum atomic E-state index is 0.429. The van der Waals surface area contributed by atoms with E-state index in [0.717, 1.165) is 38.9 Å². The molecule has 2 nitrogen and oxygen atoms in total. The van der Waals surface area contributed by atoms with E-state index in [1.807, 2.05) is 0 Å². The van der Waals surface area contributed by atoms with Crippen LogP contribution in [-0.2, 0) is 4.79 Å². The van der Waals surface area contributed by atoms with Gasteiger partial charge in [0.15, 0.2) is 0 Å². The van der Waals surface area contributed by atoms with Crippen molar-refractivity contribution in [3.63, 3.8) is 0 Å². The maximum absolute atomic E-state index is 11.0. The highest BCUT2D eigenvalue weighted by Gasteiger charge is 2.14. The summed E-state index contributed by atoms with van der Waals surface area (Å²) in [6.07, 6.45) is 4.90. The van der Waals surface area contributed by atoms with Gasteiger partial charge in [-0.1, -0.05) is 11.6 Å². The fraction of sp³-hybridized carbons (Fsp3) is 0.727. The lowest BCUT2D eigenvalue weighted by Crippen LogP contribution is -2.34. The Morgan fingerprint density at radius 2 is 2.00 bits per heavy atom. The first-order chi connectivity index (χ1) is 6.18. The Hall–Kier alpha value is -0.630. The minimum Gasteiger partial charge on any atom is -0.302 e. The predicted molar refractivity (Wildman–Crippen MR) is 54.7 cm³/mol. The van der Waals surface area contributed by atoms with Crippen molar-refractivity contribution in [2.45, 2.75) is 33.1 Å². The van der Waals surface area contributed by atoms with Gasteiger partial charge in [0.1, 0.15) is 5.78 Å². The van der Waals surface area contributed by atoms with Gasteiger partial charge in [-0.25, -0.2) is 0 Å². The van der Waals surface area contributed by atoms with Crippen molar-refractivity contribution in [1.29, 1.82) is 0 Å². The smallest absolute Gasteiger partial charge is 0.135 e. The molecule has 1 heterocycles. The van der Waals surface area contributed by atoms with E-state index in [0.29, 0.717) is 5.78 Å². The molecular formula is C11H19NO. The highest BCUT2D eigenvalue weighted by Crippen LogP contribution is 2.06. The Bertz CT molecular complexity index is 194. The first-order valence-electron chi connectivity index (χ1n) is 5.06. The van der Waals surface area contributed by atoms with E-state index in [-0.39, 0.29) is 0 Å². The van der Waals surface area contributed by atoms with Crippen molar-refractivity contribution < 1.29 is 4.79 Å². The molecule has 0 bridgehead atoms. The maximum Gasteiger partial charge on any atom is 0.135 e. The molecule has 1 saturated heterocycles. The third kappa shape index (κ3) is 4.23. The zero-order chi connectivity index (χ0) is 9.68. The van der Waals surface area contributed by atoms with E-state index >= 15 is 0 Å². The molecule has 0 aromatic rings. The van der Waals surface area contributed by atoms with Crippen molar-refractivity contribution in [2.75, 3.05) is 19.6 Å². The van der Waals surface area contributed by atoms with Gasteiger partial charge in [-0.05, 0) is 20.3 Å². The molecule has 0 unspecified atom stereocenters. The van der Waals surface area contributed by atoms with Gasteiger partial charge in [0, 0.05) is 32.5 Å². The van der Waals surface area contributed by atoms with Crippen LogP contribution in [0.1, 0.15) is 33.1 Å². The van der Waals surface area contributed by atoms with Crippen LogP contribution in [0.4, 0.5) is 0 Å². The van der Waals surface area contributed by atoms with Gasteiger partial charge >= 0.3 is 0 Å². The second-order valence-electron chi connectivity index (χ2n) is 3.95. The van der Waals surface area contributed by atoms with Gasteiger partial charge < -0.3 is 4.90 Å². The number of piperidine rings is 1. The van der Waals surface area contributed by atoms with Crippen LogP contribution in [-0.4, -0.2) is 30.3 Å². The summed E-state index contributed by atoms with van der Waals surface area (Å²) in [5.74, 6) is 0.429. The monoisotopic (exact) mass is 181 g/mol. The summed E-state index contributed by atoms with van der Waals surface area (Å²) in [6, 6.07) is 0. The minimum absolute atomic E-state index is 0.429. The first-order valence-corrected chi connectivity index (χ1v) is 5.06. The molecule has 0 saturated carbocycles. The fourth-order valence-corrected chi connectivity index (χ4v) is 1.56. The van der Waals surface area contributed by atoms with Crippen molar-refractivity contribution in [3.05, 3.63) is 11.6 Å². The largest absolute Gasteiger partial charge is 0.302 e. The Morgan fingerprint density at radius 3 is 2.54 bits per heavy atom. The second-order valence-corrected chi connectivity index (χ2v) is 3.95.